The lowest BCUT2D eigenvalue weighted by atomic mass is 10.0. The molecule has 0 radical (unpaired) electrons. The van der Waals surface area contributed by atoms with E-state index in [2.05, 4.69) is 4.99 Å². The van der Waals surface area contributed by atoms with Gasteiger partial charge in [-0.2, -0.15) is 5.26 Å². The largest absolute Gasteiger partial charge is 0.385 e. The van der Waals surface area contributed by atoms with Gasteiger partial charge in [-0.1, -0.05) is 60.7 Å². The van der Waals surface area contributed by atoms with Crippen LogP contribution < -0.4 is 0 Å². The Morgan fingerprint density at radius 2 is 1.58 bits per heavy atom. The Morgan fingerprint density at radius 3 is 2.16 bits per heavy atom. The first-order valence-electron chi connectivity index (χ1n) is 6.02. The summed E-state index contributed by atoms with van der Waals surface area (Å²) in [6, 6.07) is 19.8. The maximum Gasteiger partial charge on any atom is 0.166 e. The second-order valence-electron chi connectivity index (χ2n) is 4.12. The van der Waals surface area contributed by atoms with Gasteiger partial charge in [-0.3, -0.25) is 4.99 Å². The van der Waals surface area contributed by atoms with Gasteiger partial charge in [0.25, 0.3) is 0 Å². The molecule has 0 saturated heterocycles. The van der Waals surface area contributed by atoms with Gasteiger partial charge < -0.3 is 5.11 Å². The molecule has 0 aliphatic heterocycles. The molecular formula is C16H14N2O. The third-order valence-corrected chi connectivity index (χ3v) is 2.76. The van der Waals surface area contributed by atoms with E-state index in [0.29, 0.717) is 5.56 Å². The van der Waals surface area contributed by atoms with Gasteiger partial charge in [-0.15, -0.1) is 0 Å². The molecule has 2 atom stereocenters. The van der Waals surface area contributed by atoms with Crippen molar-refractivity contribution >= 4 is 6.21 Å². The molecule has 0 spiro atoms. The summed E-state index contributed by atoms with van der Waals surface area (Å²) in [4.78, 5) is 4.15. The number of benzene rings is 2. The van der Waals surface area contributed by atoms with Crippen molar-refractivity contribution < 1.29 is 5.11 Å². The fourth-order valence-electron chi connectivity index (χ4n) is 1.72. The molecule has 0 amide bonds. The molecule has 0 aliphatic carbocycles. The monoisotopic (exact) mass is 250 g/mol. The number of nitrogens with zero attached hydrogens (tertiary/aromatic N) is 2. The van der Waals surface area contributed by atoms with Crippen LogP contribution >= 0.6 is 0 Å². The highest BCUT2D eigenvalue weighted by molar-refractivity contribution is 5.79. The molecule has 0 fully saturated rings. The van der Waals surface area contributed by atoms with Gasteiger partial charge in [0.05, 0.1) is 6.07 Å². The maximum atomic E-state index is 10.1. The molecule has 3 nitrogen and oxygen atoms in total. The third-order valence-electron chi connectivity index (χ3n) is 2.76. The Kier molecular flexibility index (Phi) is 4.44. The molecule has 2 aromatic carbocycles. The zero-order chi connectivity index (χ0) is 13.5. The zero-order valence-corrected chi connectivity index (χ0v) is 10.3. The summed E-state index contributed by atoms with van der Waals surface area (Å²) in [7, 11) is 0. The van der Waals surface area contributed by atoms with E-state index in [-0.39, 0.29) is 0 Å². The summed E-state index contributed by atoms with van der Waals surface area (Å²) in [6.45, 7) is 0. The number of rotatable bonds is 4. The quantitative estimate of drug-likeness (QED) is 0.848. The van der Waals surface area contributed by atoms with Gasteiger partial charge in [0.15, 0.2) is 6.04 Å². The molecule has 1 N–H and O–H groups in total. The topological polar surface area (TPSA) is 56.4 Å². The minimum Gasteiger partial charge on any atom is -0.385 e. The molecular weight excluding hydrogens is 236 g/mol. The van der Waals surface area contributed by atoms with E-state index < -0.39 is 12.1 Å². The molecule has 0 aromatic heterocycles. The van der Waals surface area contributed by atoms with Gasteiger partial charge in [-0.05, 0) is 11.1 Å². The molecule has 19 heavy (non-hydrogen) atoms. The van der Waals surface area contributed by atoms with E-state index in [1.54, 1.807) is 18.3 Å². The average Bonchev–Trinajstić information content (AvgIpc) is 2.49. The predicted molar refractivity (Wildman–Crippen MR) is 74.8 cm³/mol. The van der Waals surface area contributed by atoms with Crippen molar-refractivity contribution in [3.05, 3.63) is 71.8 Å². The van der Waals surface area contributed by atoms with Crippen molar-refractivity contribution in [1.82, 2.24) is 0 Å². The van der Waals surface area contributed by atoms with Crippen molar-refractivity contribution in [2.24, 2.45) is 4.99 Å². The molecule has 0 aliphatic rings. The Morgan fingerprint density at radius 1 is 1.00 bits per heavy atom. The van der Waals surface area contributed by atoms with Crippen LogP contribution in [-0.2, 0) is 0 Å². The lowest BCUT2D eigenvalue weighted by Gasteiger charge is -2.12. The van der Waals surface area contributed by atoms with Crippen LogP contribution in [0.1, 0.15) is 17.2 Å². The number of hydrogen-bond donors (Lipinski definition) is 1. The number of aliphatic hydroxyl groups is 1. The molecule has 94 valence electrons. The molecule has 2 rings (SSSR count). The normalized spacial score (nSPS) is 13.9. The first kappa shape index (κ1) is 13.0. The average molecular weight is 250 g/mol. The van der Waals surface area contributed by atoms with Crippen molar-refractivity contribution in [1.29, 1.82) is 5.26 Å². The Bertz CT molecular complexity index is 573. The smallest absolute Gasteiger partial charge is 0.166 e. The predicted octanol–water partition coefficient (Wildman–Crippen LogP) is 2.73. The Labute approximate surface area is 112 Å². The van der Waals surface area contributed by atoms with E-state index in [0.717, 1.165) is 5.56 Å². The molecule has 3 heteroatoms. The molecule has 2 aromatic rings. The highest BCUT2D eigenvalue weighted by atomic mass is 16.3. The van der Waals surface area contributed by atoms with Gasteiger partial charge in [-0.25, -0.2) is 0 Å². The van der Waals surface area contributed by atoms with Crippen LogP contribution in [-0.4, -0.2) is 17.4 Å². The van der Waals surface area contributed by atoms with Crippen molar-refractivity contribution in [2.45, 2.75) is 12.1 Å². The maximum absolute atomic E-state index is 10.1. The summed E-state index contributed by atoms with van der Waals surface area (Å²) in [6.07, 6.45) is 0.700. The van der Waals surface area contributed by atoms with Crippen LogP contribution in [0, 0.1) is 11.3 Å². The lowest BCUT2D eigenvalue weighted by Crippen LogP contribution is -2.14. The Balaban J connectivity index is 2.13. The fraction of sp³-hybridized carbons (Fsp3) is 0.125. The minimum atomic E-state index is -0.911. The van der Waals surface area contributed by atoms with Gasteiger partial charge >= 0.3 is 0 Å². The van der Waals surface area contributed by atoms with E-state index in [9.17, 15) is 5.11 Å². The van der Waals surface area contributed by atoms with Crippen molar-refractivity contribution in [3.8, 4) is 6.07 Å². The summed E-state index contributed by atoms with van der Waals surface area (Å²) >= 11 is 0. The summed E-state index contributed by atoms with van der Waals surface area (Å²) < 4.78 is 0. The molecule has 2 unspecified atom stereocenters. The number of nitriles is 1. The van der Waals surface area contributed by atoms with Crippen molar-refractivity contribution in [3.63, 3.8) is 0 Å². The van der Waals surface area contributed by atoms with E-state index >= 15 is 0 Å². The highest BCUT2D eigenvalue weighted by Gasteiger charge is 2.18. The molecule has 0 heterocycles. The number of hydrogen-bond acceptors (Lipinski definition) is 3. The van der Waals surface area contributed by atoms with Crippen LogP contribution in [0.3, 0.4) is 0 Å². The SMILES string of the molecule is N#CC(N=Cc1ccccc1)C(O)c1ccccc1. The minimum absolute atomic E-state index is 0.694. The van der Waals surface area contributed by atoms with Crippen LogP contribution in [0.2, 0.25) is 0 Å². The first-order valence-corrected chi connectivity index (χ1v) is 6.02. The van der Waals surface area contributed by atoms with Crippen molar-refractivity contribution in [2.75, 3.05) is 0 Å². The van der Waals surface area contributed by atoms with Gasteiger partial charge in [0.1, 0.15) is 6.10 Å². The van der Waals surface area contributed by atoms with Crippen LogP contribution in [0.25, 0.3) is 0 Å². The summed E-state index contributed by atoms with van der Waals surface area (Å²) in [5, 5.41) is 19.2. The van der Waals surface area contributed by atoms with Crippen LogP contribution in [0.15, 0.2) is 65.7 Å². The highest BCUT2D eigenvalue weighted by Crippen LogP contribution is 2.18. The van der Waals surface area contributed by atoms with E-state index in [1.807, 2.05) is 54.6 Å². The first-order chi connectivity index (χ1) is 9.31. The van der Waals surface area contributed by atoms with Gasteiger partial charge in [0.2, 0.25) is 0 Å². The summed E-state index contributed by atoms with van der Waals surface area (Å²) in [5.74, 6) is 0. The Hall–Kier alpha value is -2.44. The standard InChI is InChI=1S/C16H14N2O/c17-11-15(16(19)14-9-5-2-6-10-14)18-12-13-7-3-1-4-8-13/h1-10,12,15-16,19H. The van der Waals surface area contributed by atoms with E-state index in [1.165, 1.54) is 0 Å². The van der Waals surface area contributed by atoms with Crippen LogP contribution in [0.5, 0.6) is 0 Å². The lowest BCUT2D eigenvalue weighted by molar-refractivity contribution is 0.166. The van der Waals surface area contributed by atoms with E-state index in [4.69, 9.17) is 5.26 Å². The second-order valence-corrected chi connectivity index (χ2v) is 4.12. The second kappa shape index (κ2) is 6.48. The number of aliphatic imine (C=N–C) groups is 1. The molecule has 0 saturated carbocycles. The van der Waals surface area contributed by atoms with Crippen LogP contribution in [0.4, 0.5) is 0 Å². The van der Waals surface area contributed by atoms with Gasteiger partial charge in [0, 0.05) is 6.21 Å². The fourth-order valence-corrected chi connectivity index (χ4v) is 1.72. The summed E-state index contributed by atoms with van der Waals surface area (Å²) in [5.41, 5.74) is 1.60. The third kappa shape index (κ3) is 3.51. The number of aliphatic hydroxyl groups excluding tert-OH is 1. The zero-order valence-electron chi connectivity index (χ0n) is 10.3. The molecule has 0 bridgehead atoms.